The second-order valence-corrected chi connectivity index (χ2v) is 5.14. The zero-order valence-corrected chi connectivity index (χ0v) is 11.2. The molecule has 0 spiro atoms. The van der Waals surface area contributed by atoms with E-state index in [1.165, 1.54) is 5.69 Å². The average molecular weight is 249 g/mol. The molecule has 2 rings (SSSR count). The maximum absolute atomic E-state index is 4.33. The molecule has 0 saturated carbocycles. The zero-order chi connectivity index (χ0) is 12.1. The van der Waals surface area contributed by atoms with Gasteiger partial charge in [-0.1, -0.05) is 6.92 Å². The summed E-state index contributed by atoms with van der Waals surface area (Å²) in [4.78, 5) is 4.33. The van der Waals surface area contributed by atoms with Gasteiger partial charge < -0.3 is 9.88 Å². The van der Waals surface area contributed by atoms with Crippen LogP contribution in [0.4, 0.5) is 0 Å². The lowest BCUT2D eigenvalue weighted by Crippen LogP contribution is -2.22. The number of aromatic nitrogens is 2. The Morgan fingerprint density at radius 2 is 2.41 bits per heavy atom. The van der Waals surface area contributed by atoms with Crippen LogP contribution in [-0.2, 0) is 6.54 Å². The van der Waals surface area contributed by atoms with Crippen LogP contribution in [-0.4, -0.2) is 16.1 Å². The molecule has 2 aromatic rings. The van der Waals surface area contributed by atoms with Crippen molar-refractivity contribution in [2.24, 2.45) is 0 Å². The monoisotopic (exact) mass is 249 g/mol. The molecule has 3 nitrogen and oxygen atoms in total. The molecule has 0 aromatic carbocycles. The lowest BCUT2D eigenvalue weighted by molar-refractivity contribution is 0.534. The molecule has 1 atom stereocenters. The van der Waals surface area contributed by atoms with Gasteiger partial charge in [0.25, 0.3) is 0 Å². The molecule has 0 saturated heterocycles. The molecule has 0 amide bonds. The van der Waals surface area contributed by atoms with E-state index < -0.39 is 0 Å². The molecule has 1 unspecified atom stereocenters. The third-order valence-electron chi connectivity index (χ3n) is 2.80. The second kappa shape index (κ2) is 5.98. The number of hydrogen-bond acceptors (Lipinski definition) is 3. The minimum Gasteiger partial charge on any atom is -0.343 e. The van der Waals surface area contributed by atoms with E-state index >= 15 is 0 Å². The highest BCUT2D eigenvalue weighted by Gasteiger charge is 2.09. The highest BCUT2D eigenvalue weighted by atomic mass is 32.1. The Labute approximate surface area is 107 Å². The fourth-order valence-electron chi connectivity index (χ4n) is 1.91. The van der Waals surface area contributed by atoms with Crippen molar-refractivity contribution in [1.82, 2.24) is 14.9 Å². The lowest BCUT2D eigenvalue weighted by atomic mass is 10.2. The standard InChI is InChI=1S/C13H19N3S/c1-3-6-14-11(2)12-5-4-8-16(12)10-13-15-7-9-17-13/h4-5,7-9,11,14H,3,6,10H2,1-2H3. The van der Waals surface area contributed by atoms with E-state index in [4.69, 9.17) is 0 Å². The SMILES string of the molecule is CCCNC(C)c1cccn1Cc1nccs1. The Morgan fingerprint density at radius 3 is 3.12 bits per heavy atom. The van der Waals surface area contributed by atoms with Crippen LogP contribution in [0.3, 0.4) is 0 Å². The minimum absolute atomic E-state index is 0.393. The van der Waals surface area contributed by atoms with E-state index in [1.54, 1.807) is 11.3 Å². The molecule has 17 heavy (non-hydrogen) atoms. The van der Waals surface area contributed by atoms with Crippen molar-refractivity contribution in [3.05, 3.63) is 40.6 Å². The molecular formula is C13H19N3S. The molecule has 0 aliphatic carbocycles. The Balaban J connectivity index is 2.06. The van der Waals surface area contributed by atoms with Crippen molar-refractivity contribution in [2.45, 2.75) is 32.9 Å². The summed E-state index contributed by atoms with van der Waals surface area (Å²) in [5.74, 6) is 0. The Kier molecular flexibility index (Phi) is 4.34. The second-order valence-electron chi connectivity index (χ2n) is 4.16. The van der Waals surface area contributed by atoms with E-state index in [0.717, 1.165) is 24.5 Å². The van der Waals surface area contributed by atoms with E-state index in [9.17, 15) is 0 Å². The molecule has 0 fully saturated rings. The van der Waals surface area contributed by atoms with Crippen molar-refractivity contribution in [3.8, 4) is 0 Å². The zero-order valence-electron chi connectivity index (χ0n) is 10.4. The average Bonchev–Trinajstić information content (AvgIpc) is 2.97. The van der Waals surface area contributed by atoms with Crippen molar-refractivity contribution in [3.63, 3.8) is 0 Å². The van der Waals surface area contributed by atoms with Crippen molar-refractivity contribution in [2.75, 3.05) is 6.54 Å². The van der Waals surface area contributed by atoms with Crippen molar-refractivity contribution in [1.29, 1.82) is 0 Å². The summed E-state index contributed by atoms with van der Waals surface area (Å²) in [6.07, 6.45) is 5.15. The third kappa shape index (κ3) is 3.17. The maximum atomic E-state index is 4.33. The molecule has 4 heteroatoms. The fraction of sp³-hybridized carbons (Fsp3) is 0.462. The van der Waals surface area contributed by atoms with Crippen molar-refractivity contribution >= 4 is 11.3 Å². The summed E-state index contributed by atoms with van der Waals surface area (Å²) >= 11 is 1.71. The number of nitrogens with one attached hydrogen (secondary N) is 1. The van der Waals surface area contributed by atoms with Gasteiger partial charge >= 0.3 is 0 Å². The predicted molar refractivity (Wildman–Crippen MR) is 72.4 cm³/mol. The summed E-state index contributed by atoms with van der Waals surface area (Å²) in [5, 5.41) is 6.70. The summed E-state index contributed by atoms with van der Waals surface area (Å²) in [6, 6.07) is 4.68. The molecular weight excluding hydrogens is 230 g/mol. The van der Waals surface area contributed by atoms with Crippen LogP contribution in [0.15, 0.2) is 29.9 Å². The number of nitrogens with zero attached hydrogens (tertiary/aromatic N) is 2. The van der Waals surface area contributed by atoms with E-state index in [2.05, 4.69) is 47.0 Å². The number of rotatable bonds is 6. The molecule has 1 N–H and O–H groups in total. The van der Waals surface area contributed by atoms with E-state index in [0.29, 0.717) is 6.04 Å². The lowest BCUT2D eigenvalue weighted by Gasteiger charge is -2.16. The van der Waals surface area contributed by atoms with Gasteiger partial charge in [0.15, 0.2) is 0 Å². The normalized spacial score (nSPS) is 12.8. The molecule has 0 bridgehead atoms. The minimum atomic E-state index is 0.393. The molecule has 0 radical (unpaired) electrons. The van der Waals surface area contributed by atoms with Gasteiger partial charge in [-0.05, 0) is 32.0 Å². The summed E-state index contributed by atoms with van der Waals surface area (Å²) in [5.41, 5.74) is 1.33. The van der Waals surface area contributed by atoms with E-state index in [1.807, 2.05) is 11.6 Å². The first kappa shape index (κ1) is 12.3. The van der Waals surface area contributed by atoms with Gasteiger partial charge in [0, 0.05) is 29.5 Å². The first-order valence-corrected chi connectivity index (χ1v) is 6.96. The maximum Gasteiger partial charge on any atom is 0.112 e. The molecule has 0 aliphatic rings. The van der Waals surface area contributed by atoms with Crippen LogP contribution in [0.5, 0.6) is 0 Å². The summed E-state index contributed by atoms with van der Waals surface area (Å²) in [6.45, 7) is 6.33. The van der Waals surface area contributed by atoms with Crippen LogP contribution in [0.1, 0.15) is 37.0 Å². The Hall–Kier alpha value is -1.13. The molecule has 92 valence electrons. The highest BCUT2D eigenvalue weighted by Crippen LogP contribution is 2.16. The number of thiazole rings is 1. The Morgan fingerprint density at radius 1 is 1.53 bits per heavy atom. The van der Waals surface area contributed by atoms with Gasteiger partial charge in [-0.25, -0.2) is 4.98 Å². The van der Waals surface area contributed by atoms with Gasteiger partial charge in [-0.3, -0.25) is 0 Å². The quantitative estimate of drug-likeness (QED) is 0.852. The molecule has 2 aromatic heterocycles. The van der Waals surface area contributed by atoms with Gasteiger partial charge in [-0.2, -0.15) is 0 Å². The van der Waals surface area contributed by atoms with Gasteiger partial charge in [-0.15, -0.1) is 11.3 Å². The highest BCUT2D eigenvalue weighted by molar-refractivity contribution is 7.09. The number of hydrogen-bond donors (Lipinski definition) is 1. The van der Waals surface area contributed by atoms with E-state index in [-0.39, 0.29) is 0 Å². The van der Waals surface area contributed by atoms with Crippen LogP contribution in [0, 0.1) is 0 Å². The van der Waals surface area contributed by atoms with Gasteiger partial charge in [0.05, 0.1) is 6.54 Å². The van der Waals surface area contributed by atoms with Crippen LogP contribution >= 0.6 is 11.3 Å². The molecule has 2 heterocycles. The topological polar surface area (TPSA) is 29.9 Å². The smallest absolute Gasteiger partial charge is 0.112 e. The Bertz CT molecular complexity index is 433. The predicted octanol–water partition coefficient (Wildman–Crippen LogP) is 3.05. The van der Waals surface area contributed by atoms with Crippen molar-refractivity contribution < 1.29 is 0 Å². The van der Waals surface area contributed by atoms with Crippen LogP contribution < -0.4 is 5.32 Å². The summed E-state index contributed by atoms with van der Waals surface area (Å²) in [7, 11) is 0. The largest absolute Gasteiger partial charge is 0.343 e. The molecule has 0 aliphatic heterocycles. The van der Waals surface area contributed by atoms with Gasteiger partial charge in [0.2, 0.25) is 0 Å². The first-order valence-electron chi connectivity index (χ1n) is 6.08. The third-order valence-corrected chi connectivity index (χ3v) is 3.56. The van der Waals surface area contributed by atoms with Gasteiger partial charge in [0.1, 0.15) is 5.01 Å². The van der Waals surface area contributed by atoms with Crippen LogP contribution in [0.25, 0.3) is 0 Å². The first-order chi connectivity index (χ1) is 8.31. The summed E-state index contributed by atoms with van der Waals surface area (Å²) < 4.78 is 2.27. The fourth-order valence-corrected chi connectivity index (χ4v) is 2.52. The van der Waals surface area contributed by atoms with Crippen LogP contribution in [0.2, 0.25) is 0 Å².